The predicted molar refractivity (Wildman–Crippen MR) is 103 cm³/mol. The van der Waals surface area contributed by atoms with Crippen LogP contribution in [-0.2, 0) is 17.9 Å². The minimum Gasteiger partial charge on any atom is -0.323 e. The molecule has 0 unspecified atom stereocenters. The van der Waals surface area contributed by atoms with E-state index in [0.717, 1.165) is 13.0 Å². The summed E-state index contributed by atoms with van der Waals surface area (Å²) in [5.74, 6) is 0. The van der Waals surface area contributed by atoms with E-state index in [2.05, 4.69) is 42.9 Å². The first kappa shape index (κ1) is 21.2. The molecular weight excluding hydrogens is 294 g/mol. The third-order valence-electron chi connectivity index (χ3n) is 4.71. The van der Waals surface area contributed by atoms with Crippen LogP contribution in [0, 0.1) is 0 Å². The number of hydrogen-bond donors (Lipinski definition) is 0. The molecule has 0 aromatic carbocycles. The lowest BCUT2D eigenvalue weighted by molar-refractivity contribution is -0.733. The van der Waals surface area contributed by atoms with E-state index in [0.29, 0.717) is 6.73 Å². The molecule has 0 spiro atoms. The van der Waals surface area contributed by atoms with Crippen molar-refractivity contribution in [2.45, 2.75) is 104 Å². The maximum atomic E-state index is 5.77. The molecule has 138 valence electrons. The van der Waals surface area contributed by atoms with E-state index in [1.165, 1.54) is 82.6 Å². The minimum absolute atomic E-state index is 0.686. The zero-order valence-corrected chi connectivity index (χ0v) is 16.3. The van der Waals surface area contributed by atoms with E-state index in [4.69, 9.17) is 4.74 Å². The number of pyridine rings is 1. The Balaban J connectivity index is 1.82. The molecule has 0 saturated heterocycles. The van der Waals surface area contributed by atoms with Crippen molar-refractivity contribution in [3.05, 3.63) is 30.1 Å². The molecule has 0 amide bonds. The predicted octanol–water partition coefficient (Wildman–Crippen LogP) is 6.21. The molecule has 0 atom stereocenters. The van der Waals surface area contributed by atoms with Crippen molar-refractivity contribution in [3.8, 4) is 0 Å². The van der Waals surface area contributed by atoms with Gasteiger partial charge in [-0.3, -0.25) is 0 Å². The molecule has 0 radical (unpaired) electrons. The van der Waals surface area contributed by atoms with E-state index in [9.17, 15) is 0 Å². The second-order valence-corrected chi connectivity index (χ2v) is 7.01. The Kier molecular flexibility index (Phi) is 13.8. The van der Waals surface area contributed by atoms with Crippen LogP contribution in [0.2, 0.25) is 0 Å². The van der Waals surface area contributed by atoms with Crippen LogP contribution in [0.4, 0.5) is 0 Å². The van der Waals surface area contributed by atoms with Crippen molar-refractivity contribution in [1.29, 1.82) is 0 Å². The first-order valence-electron chi connectivity index (χ1n) is 10.4. The summed E-state index contributed by atoms with van der Waals surface area (Å²) in [5, 5.41) is 0. The molecule has 2 nitrogen and oxygen atoms in total. The Morgan fingerprint density at radius 3 is 1.96 bits per heavy atom. The zero-order chi connectivity index (χ0) is 17.3. The lowest BCUT2D eigenvalue weighted by atomic mass is 10.1. The Bertz CT molecular complexity index is 391. The third-order valence-corrected chi connectivity index (χ3v) is 4.71. The Morgan fingerprint density at radius 1 is 0.792 bits per heavy atom. The summed E-state index contributed by atoms with van der Waals surface area (Å²) in [6, 6.07) is 4.27. The quantitative estimate of drug-likeness (QED) is 0.259. The molecule has 1 heterocycles. The van der Waals surface area contributed by atoms with E-state index in [1.807, 2.05) is 0 Å². The van der Waals surface area contributed by atoms with Crippen molar-refractivity contribution >= 4 is 0 Å². The molecule has 0 saturated carbocycles. The van der Waals surface area contributed by atoms with Gasteiger partial charge in [-0.1, -0.05) is 84.5 Å². The molecule has 2 heteroatoms. The highest BCUT2D eigenvalue weighted by molar-refractivity contribution is 5.04. The fourth-order valence-corrected chi connectivity index (χ4v) is 3.08. The van der Waals surface area contributed by atoms with Gasteiger partial charge in [-0.2, -0.15) is 4.57 Å². The van der Waals surface area contributed by atoms with Gasteiger partial charge in [0.05, 0.1) is 6.61 Å². The van der Waals surface area contributed by atoms with Gasteiger partial charge in [-0.05, 0) is 18.9 Å². The highest BCUT2D eigenvalue weighted by Crippen LogP contribution is 2.11. The normalized spacial score (nSPS) is 11.1. The number of hydrogen-bond acceptors (Lipinski definition) is 1. The first-order chi connectivity index (χ1) is 11.9. The van der Waals surface area contributed by atoms with Crippen LogP contribution in [0.5, 0.6) is 0 Å². The Hall–Kier alpha value is -0.890. The van der Waals surface area contributed by atoms with E-state index >= 15 is 0 Å². The monoisotopic (exact) mass is 334 g/mol. The summed E-state index contributed by atoms with van der Waals surface area (Å²) < 4.78 is 7.91. The average Bonchev–Trinajstić information content (AvgIpc) is 2.62. The molecule has 0 aliphatic heterocycles. The maximum Gasteiger partial charge on any atom is 0.252 e. The van der Waals surface area contributed by atoms with Gasteiger partial charge in [0.1, 0.15) is 0 Å². The first-order valence-corrected chi connectivity index (χ1v) is 10.4. The molecule has 24 heavy (non-hydrogen) atoms. The zero-order valence-electron chi connectivity index (χ0n) is 16.3. The van der Waals surface area contributed by atoms with Gasteiger partial charge in [0.25, 0.3) is 6.73 Å². The van der Waals surface area contributed by atoms with Crippen LogP contribution >= 0.6 is 0 Å². The second kappa shape index (κ2) is 15.6. The molecule has 0 aliphatic carbocycles. The Labute approximate surface area is 150 Å². The van der Waals surface area contributed by atoms with Gasteiger partial charge in [-0.25, -0.2) is 0 Å². The third kappa shape index (κ3) is 11.6. The van der Waals surface area contributed by atoms with Crippen LogP contribution < -0.4 is 4.57 Å². The van der Waals surface area contributed by atoms with E-state index in [-0.39, 0.29) is 0 Å². The molecule has 1 aromatic rings. The maximum absolute atomic E-state index is 5.77. The lowest BCUT2D eigenvalue weighted by Crippen LogP contribution is -2.34. The number of aromatic nitrogens is 1. The van der Waals surface area contributed by atoms with Crippen LogP contribution in [-0.4, -0.2) is 6.61 Å². The van der Waals surface area contributed by atoms with Crippen molar-refractivity contribution < 1.29 is 9.30 Å². The van der Waals surface area contributed by atoms with Gasteiger partial charge in [0, 0.05) is 11.6 Å². The highest BCUT2D eigenvalue weighted by Gasteiger charge is 2.01. The Morgan fingerprint density at radius 2 is 1.38 bits per heavy atom. The second-order valence-electron chi connectivity index (χ2n) is 7.01. The van der Waals surface area contributed by atoms with Crippen LogP contribution in [0.1, 0.15) is 96.5 Å². The molecule has 0 fully saturated rings. The molecule has 1 aromatic heterocycles. The molecule has 0 bridgehead atoms. The minimum atomic E-state index is 0.686. The molecule has 0 aliphatic rings. The summed E-state index contributed by atoms with van der Waals surface area (Å²) in [4.78, 5) is 0. The van der Waals surface area contributed by atoms with Crippen molar-refractivity contribution in [1.82, 2.24) is 0 Å². The van der Waals surface area contributed by atoms with Crippen LogP contribution in [0.15, 0.2) is 24.5 Å². The van der Waals surface area contributed by atoms with Crippen LogP contribution in [0.3, 0.4) is 0 Å². The summed E-state index contributed by atoms with van der Waals surface area (Å²) in [5.41, 5.74) is 1.37. The fraction of sp³-hybridized carbons (Fsp3) is 0.773. The summed E-state index contributed by atoms with van der Waals surface area (Å²) >= 11 is 0. The summed E-state index contributed by atoms with van der Waals surface area (Å²) in [6.07, 6.45) is 22.1. The summed E-state index contributed by atoms with van der Waals surface area (Å²) in [6.45, 7) is 6.05. The number of ether oxygens (including phenoxy) is 1. The number of unbranched alkanes of at least 4 members (excludes halogenated alkanes) is 11. The number of aryl methyl sites for hydroxylation is 1. The van der Waals surface area contributed by atoms with Gasteiger partial charge < -0.3 is 4.74 Å². The highest BCUT2D eigenvalue weighted by atomic mass is 16.5. The van der Waals surface area contributed by atoms with Gasteiger partial charge >= 0.3 is 0 Å². The van der Waals surface area contributed by atoms with Crippen molar-refractivity contribution in [2.24, 2.45) is 0 Å². The van der Waals surface area contributed by atoms with Gasteiger partial charge in [0.2, 0.25) is 0 Å². The topological polar surface area (TPSA) is 13.1 Å². The smallest absolute Gasteiger partial charge is 0.252 e. The SMILES string of the molecule is CCCCCCCCCCCCCCOC[n+]1cccc(CC)c1. The molecule has 1 rings (SSSR count). The molecular formula is C22H40NO+. The number of nitrogens with zero attached hydrogens (tertiary/aromatic N) is 1. The largest absolute Gasteiger partial charge is 0.323 e. The van der Waals surface area contributed by atoms with Crippen LogP contribution in [0.25, 0.3) is 0 Å². The average molecular weight is 335 g/mol. The number of rotatable bonds is 16. The van der Waals surface area contributed by atoms with E-state index < -0.39 is 0 Å². The van der Waals surface area contributed by atoms with Gasteiger partial charge in [0.15, 0.2) is 12.4 Å². The van der Waals surface area contributed by atoms with Crippen molar-refractivity contribution in [3.63, 3.8) is 0 Å². The van der Waals surface area contributed by atoms with E-state index in [1.54, 1.807) is 0 Å². The summed E-state index contributed by atoms with van der Waals surface area (Å²) in [7, 11) is 0. The lowest BCUT2D eigenvalue weighted by Gasteiger charge is -2.03. The van der Waals surface area contributed by atoms with Gasteiger partial charge in [-0.15, -0.1) is 0 Å². The fourth-order valence-electron chi connectivity index (χ4n) is 3.08. The van der Waals surface area contributed by atoms with Crippen molar-refractivity contribution in [2.75, 3.05) is 6.61 Å². The standard InChI is InChI=1S/C22H40NO/c1-3-5-6-7-8-9-10-11-12-13-14-15-19-24-21-23-18-16-17-22(4-2)20-23/h16-18,20H,3-15,19,21H2,1-2H3/q+1. The molecule has 0 N–H and O–H groups in total.